The minimum absolute atomic E-state index is 0.266. The van der Waals surface area contributed by atoms with Gasteiger partial charge in [-0.25, -0.2) is 0 Å². The van der Waals surface area contributed by atoms with Crippen LogP contribution in [0.2, 0.25) is 0 Å². The summed E-state index contributed by atoms with van der Waals surface area (Å²) in [6, 6.07) is 0.266. The quantitative estimate of drug-likeness (QED) is 0.819. The van der Waals surface area contributed by atoms with Crippen molar-refractivity contribution in [2.24, 2.45) is 23.5 Å². The molecule has 0 bridgehead atoms. The van der Waals surface area contributed by atoms with E-state index in [4.69, 9.17) is 5.73 Å². The number of hydrogen-bond donors (Lipinski definition) is 1. The van der Waals surface area contributed by atoms with E-state index >= 15 is 0 Å². The highest BCUT2D eigenvalue weighted by Gasteiger charge is 2.25. The molecule has 1 saturated heterocycles. The molecule has 0 aromatic rings. The van der Waals surface area contributed by atoms with Gasteiger partial charge in [0.2, 0.25) is 5.91 Å². The predicted octanol–water partition coefficient (Wildman–Crippen LogP) is 2.25. The fraction of sp³-hybridized carbons (Fsp3) is 0.929. The Kier molecular flexibility index (Phi) is 5.44. The zero-order valence-corrected chi connectivity index (χ0v) is 11.8. The lowest BCUT2D eigenvalue weighted by Crippen LogP contribution is -2.43. The van der Waals surface area contributed by atoms with E-state index in [0.717, 1.165) is 25.9 Å². The zero-order chi connectivity index (χ0) is 13.0. The van der Waals surface area contributed by atoms with Crippen molar-refractivity contribution in [1.82, 2.24) is 4.90 Å². The first kappa shape index (κ1) is 14.5. The molecule has 0 spiro atoms. The summed E-state index contributed by atoms with van der Waals surface area (Å²) in [7, 11) is 0. The molecule has 0 aromatic heterocycles. The van der Waals surface area contributed by atoms with E-state index in [0.29, 0.717) is 30.1 Å². The molecule has 100 valence electrons. The second kappa shape index (κ2) is 6.39. The molecule has 3 heteroatoms. The summed E-state index contributed by atoms with van der Waals surface area (Å²) in [5.74, 6) is 1.99. The smallest absolute Gasteiger partial charge is 0.222 e. The lowest BCUT2D eigenvalue weighted by Gasteiger charge is -2.34. The molecule has 1 aliphatic rings. The molecule has 2 unspecified atom stereocenters. The largest absolute Gasteiger partial charge is 0.343 e. The number of likely N-dealkylation sites (tertiary alicyclic amines) is 1. The van der Waals surface area contributed by atoms with E-state index in [9.17, 15) is 4.79 Å². The first-order valence-electron chi connectivity index (χ1n) is 6.95. The summed E-state index contributed by atoms with van der Waals surface area (Å²) in [5, 5.41) is 0. The normalized spacial score (nSPS) is 21.6. The molecule has 1 rings (SSSR count). The number of rotatable bonds is 4. The second-order valence-corrected chi connectivity index (χ2v) is 6.00. The topological polar surface area (TPSA) is 46.3 Å². The molecule has 0 radical (unpaired) electrons. The van der Waals surface area contributed by atoms with Crippen molar-refractivity contribution >= 4 is 5.91 Å². The molecule has 0 aromatic carbocycles. The van der Waals surface area contributed by atoms with Gasteiger partial charge in [-0.3, -0.25) is 4.79 Å². The van der Waals surface area contributed by atoms with Crippen LogP contribution in [0.3, 0.4) is 0 Å². The molecule has 1 amide bonds. The zero-order valence-electron chi connectivity index (χ0n) is 11.8. The average Bonchev–Trinajstić information content (AvgIpc) is 2.28. The Labute approximate surface area is 106 Å². The van der Waals surface area contributed by atoms with E-state index in [1.54, 1.807) is 0 Å². The van der Waals surface area contributed by atoms with E-state index in [1.807, 2.05) is 4.90 Å². The molecule has 1 heterocycles. The van der Waals surface area contributed by atoms with E-state index < -0.39 is 0 Å². The van der Waals surface area contributed by atoms with Gasteiger partial charge in [-0.05, 0) is 37.5 Å². The van der Waals surface area contributed by atoms with Crippen molar-refractivity contribution in [2.75, 3.05) is 13.1 Å². The lowest BCUT2D eigenvalue weighted by atomic mass is 9.89. The predicted molar refractivity (Wildman–Crippen MR) is 71.6 cm³/mol. The molecule has 17 heavy (non-hydrogen) atoms. The third-order valence-electron chi connectivity index (χ3n) is 4.27. The van der Waals surface area contributed by atoms with E-state index in [-0.39, 0.29) is 6.04 Å². The van der Waals surface area contributed by atoms with Crippen LogP contribution in [0, 0.1) is 17.8 Å². The van der Waals surface area contributed by atoms with Gasteiger partial charge in [0.15, 0.2) is 0 Å². The SMILES string of the molecule is CC(C)C(C)CC(=O)N1CCC(C(C)N)CC1. The minimum Gasteiger partial charge on any atom is -0.343 e. The minimum atomic E-state index is 0.266. The summed E-state index contributed by atoms with van der Waals surface area (Å²) < 4.78 is 0. The van der Waals surface area contributed by atoms with Crippen LogP contribution >= 0.6 is 0 Å². The Morgan fingerprint density at radius 3 is 2.18 bits per heavy atom. The summed E-state index contributed by atoms with van der Waals surface area (Å²) in [6.45, 7) is 10.4. The molecular weight excluding hydrogens is 212 g/mol. The molecule has 3 nitrogen and oxygen atoms in total. The number of nitrogens with two attached hydrogens (primary N) is 1. The highest BCUT2D eigenvalue weighted by atomic mass is 16.2. The van der Waals surface area contributed by atoms with Gasteiger partial charge in [0.1, 0.15) is 0 Å². The lowest BCUT2D eigenvalue weighted by molar-refractivity contribution is -0.133. The Morgan fingerprint density at radius 2 is 1.76 bits per heavy atom. The Morgan fingerprint density at radius 1 is 1.24 bits per heavy atom. The van der Waals surface area contributed by atoms with Gasteiger partial charge in [0.05, 0.1) is 0 Å². The highest BCUT2D eigenvalue weighted by Crippen LogP contribution is 2.22. The molecular formula is C14H28N2O. The van der Waals surface area contributed by atoms with Gasteiger partial charge < -0.3 is 10.6 Å². The Balaban J connectivity index is 2.36. The molecule has 1 fully saturated rings. The maximum atomic E-state index is 12.1. The van der Waals surface area contributed by atoms with Crippen molar-refractivity contribution in [3.8, 4) is 0 Å². The summed E-state index contributed by atoms with van der Waals surface area (Å²) in [4.78, 5) is 14.1. The van der Waals surface area contributed by atoms with Gasteiger partial charge in [-0.2, -0.15) is 0 Å². The van der Waals surface area contributed by atoms with E-state index in [1.165, 1.54) is 0 Å². The maximum Gasteiger partial charge on any atom is 0.222 e. The molecule has 2 N–H and O–H groups in total. The van der Waals surface area contributed by atoms with Crippen LogP contribution < -0.4 is 5.73 Å². The first-order chi connectivity index (χ1) is 7.91. The van der Waals surface area contributed by atoms with Crippen LogP contribution in [0.25, 0.3) is 0 Å². The second-order valence-electron chi connectivity index (χ2n) is 6.00. The monoisotopic (exact) mass is 240 g/mol. The number of amides is 1. The summed E-state index contributed by atoms with van der Waals surface area (Å²) >= 11 is 0. The fourth-order valence-electron chi connectivity index (χ4n) is 2.31. The van der Waals surface area contributed by atoms with Gasteiger partial charge in [0.25, 0.3) is 0 Å². The number of piperidine rings is 1. The molecule has 1 aliphatic heterocycles. The van der Waals surface area contributed by atoms with Crippen molar-refractivity contribution in [3.63, 3.8) is 0 Å². The average molecular weight is 240 g/mol. The Hall–Kier alpha value is -0.570. The van der Waals surface area contributed by atoms with Crippen LogP contribution in [0.4, 0.5) is 0 Å². The van der Waals surface area contributed by atoms with Crippen molar-refractivity contribution < 1.29 is 4.79 Å². The van der Waals surface area contributed by atoms with Crippen molar-refractivity contribution in [2.45, 2.75) is 53.0 Å². The van der Waals surface area contributed by atoms with E-state index in [2.05, 4.69) is 27.7 Å². The van der Waals surface area contributed by atoms with Crippen LogP contribution in [-0.2, 0) is 4.79 Å². The van der Waals surface area contributed by atoms with Gasteiger partial charge in [0, 0.05) is 25.6 Å². The van der Waals surface area contributed by atoms with Crippen molar-refractivity contribution in [1.29, 1.82) is 0 Å². The fourth-order valence-corrected chi connectivity index (χ4v) is 2.31. The van der Waals surface area contributed by atoms with Crippen LogP contribution in [0.15, 0.2) is 0 Å². The van der Waals surface area contributed by atoms with Crippen LogP contribution in [0.5, 0.6) is 0 Å². The number of hydrogen-bond acceptors (Lipinski definition) is 2. The van der Waals surface area contributed by atoms with Gasteiger partial charge >= 0.3 is 0 Å². The van der Waals surface area contributed by atoms with Crippen LogP contribution in [-0.4, -0.2) is 29.9 Å². The number of carbonyl (C=O) groups excluding carboxylic acids is 1. The van der Waals surface area contributed by atoms with Gasteiger partial charge in [-0.1, -0.05) is 20.8 Å². The Bertz CT molecular complexity index is 243. The molecule has 2 atom stereocenters. The number of nitrogens with zero attached hydrogens (tertiary/aromatic N) is 1. The third-order valence-corrected chi connectivity index (χ3v) is 4.27. The third kappa shape index (κ3) is 4.30. The summed E-state index contributed by atoms with van der Waals surface area (Å²) in [6.07, 6.45) is 2.83. The summed E-state index contributed by atoms with van der Waals surface area (Å²) in [5.41, 5.74) is 5.91. The molecule has 0 aliphatic carbocycles. The number of carbonyl (C=O) groups is 1. The van der Waals surface area contributed by atoms with Gasteiger partial charge in [-0.15, -0.1) is 0 Å². The standard InChI is InChI=1S/C14H28N2O/c1-10(2)11(3)9-14(17)16-7-5-13(6-8-16)12(4)15/h10-13H,5-9,15H2,1-4H3. The maximum absolute atomic E-state index is 12.1. The van der Waals surface area contributed by atoms with Crippen molar-refractivity contribution in [3.05, 3.63) is 0 Å². The molecule has 0 saturated carbocycles. The first-order valence-corrected chi connectivity index (χ1v) is 6.95. The highest BCUT2D eigenvalue weighted by molar-refractivity contribution is 5.76. The van der Waals surface area contributed by atoms with Crippen LogP contribution in [0.1, 0.15) is 47.0 Å².